The van der Waals surface area contributed by atoms with Gasteiger partial charge in [0.25, 0.3) is 10.0 Å². The predicted molar refractivity (Wildman–Crippen MR) is 103 cm³/mol. The molecule has 0 aliphatic rings. The summed E-state index contributed by atoms with van der Waals surface area (Å²) in [7, 11) is -2.76. The number of methoxy groups -OCH3 is 1. The second-order valence-corrected chi connectivity index (χ2v) is 7.77. The largest absolute Gasteiger partial charge is 0.490 e. The zero-order chi connectivity index (χ0) is 20.5. The molecule has 2 aromatic carbocycles. The lowest BCUT2D eigenvalue weighted by molar-refractivity contribution is -0.386. The summed E-state index contributed by atoms with van der Waals surface area (Å²) >= 11 is 0. The van der Waals surface area contributed by atoms with Gasteiger partial charge in [0.15, 0.2) is 5.75 Å². The highest BCUT2D eigenvalue weighted by Gasteiger charge is 2.22. The second kappa shape index (κ2) is 7.31. The molecule has 28 heavy (non-hydrogen) atoms. The van der Waals surface area contributed by atoms with Gasteiger partial charge in [0.1, 0.15) is 0 Å². The number of benzene rings is 2. The van der Waals surface area contributed by atoms with E-state index in [-0.39, 0.29) is 10.6 Å². The quantitative estimate of drug-likeness (QED) is 0.500. The zero-order valence-corrected chi connectivity index (χ0v) is 16.2. The van der Waals surface area contributed by atoms with Crippen molar-refractivity contribution in [1.82, 2.24) is 9.78 Å². The number of hydrogen-bond acceptors (Lipinski definition) is 6. The van der Waals surface area contributed by atoms with Gasteiger partial charge in [-0.2, -0.15) is 5.10 Å². The van der Waals surface area contributed by atoms with Gasteiger partial charge in [-0.05, 0) is 50.2 Å². The number of nitro groups is 1. The molecule has 0 amide bonds. The molecule has 0 saturated carbocycles. The van der Waals surface area contributed by atoms with Crippen LogP contribution < -0.4 is 9.46 Å². The molecule has 0 bridgehead atoms. The van der Waals surface area contributed by atoms with Gasteiger partial charge < -0.3 is 4.74 Å². The number of anilines is 1. The molecule has 0 unspecified atom stereocenters. The van der Waals surface area contributed by atoms with Crippen molar-refractivity contribution in [2.75, 3.05) is 11.8 Å². The summed E-state index contributed by atoms with van der Waals surface area (Å²) in [6.45, 7) is 3.76. The fourth-order valence-electron chi connectivity index (χ4n) is 2.79. The fourth-order valence-corrected chi connectivity index (χ4v) is 3.85. The normalized spacial score (nSPS) is 11.2. The number of aryl methyl sites for hydroxylation is 2. The topological polar surface area (TPSA) is 116 Å². The number of nitro benzene ring substituents is 1. The average molecular weight is 402 g/mol. The first-order chi connectivity index (χ1) is 13.2. The number of hydrogen-bond donors (Lipinski definition) is 1. The lowest BCUT2D eigenvalue weighted by Gasteiger charge is -2.11. The molecule has 0 spiro atoms. The van der Waals surface area contributed by atoms with Crippen LogP contribution in [0.1, 0.15) is 11.4 Å². The molecule has 9 nitrogen and oxygen atoms in total. The van der Waals surface area contributed by atoms with Gasteiger partial charge in [-0.3, -0.25) is 14.8 Å². The first-order valence-electron chi connectivity index (χ1n) is 8.20. The molecule has 3 rings (SSSR count). The van der Waals surface area contributed by atoms with Crippen LogP contribution in [0.15, 0.2) is 53.4 Å². The van der Waals surface area contributed by atoms with Crippen LogP contribution in [0, 0.1) is 24.0 Å². The van der Waals surface area contributed by atoms with Crippen LogP contribution >= 0.6 is 0 Å². The maximum Gasteiger partial charge on any atom is 0.312 e. The molecule has 0 saturated heterocycles. The molecule has 1 heterocycles. The molecule has 146 valence electrons. The highest BCUT2D eigenvalue weighted by Crippen LogP contribution is 2.30. The minimum Gasteiger partial charge on any atom is -0.490 e. The summed E-state index contributed by atoms with van der Waals surface area (Å²) in [4.78, 5) is 10.2. The van der Waals surface area contributed by atoms with Crippen molar-refractivity contribution < 1.29 is 18.1 Å². The molecular weight excluding hydrogens is 384 g/mol. The van der Waals surface area contributed by atoms with Crippen molar-refractivity contribution >= 4 is 21.4 Å². The van der Waals surface area contributed by atoms with E-state index in [1.54, 1.807) is 28.9 Å². The van der Waals surface area contributed by atoms with Gasteiger partial charge in [-0.25, -0.2) is 13.1 Å². The smallest absolute Gasteiger partial charge is 0.312 e. The summed E-state index contributed by atoms with van der Waals surface area (Å²) in [5, 5.41) is 15.5. The van der Waals surface area contributed by atoms with E-state index in [9.17, 15) is 18.5 Å². The zero-order valence-electron chi connectivity index (χ0n) is 15.4. The molecule has 0 atom stereocenters. The van der Waals surface area contributed by atoms with Crippen LogP contribution in [0.25, 0.3) is 5.69 Å². The van der Waals surface area contributed by atoms with Crippen LogP contribution in [0.2, 0.25) is 0 Å². The van der Waals surface area contributed by atoms with Crippen molar-refractivity contribution in [3.8, 4) is 11.4 Å². The Morgan fingerprint density at radius 2 is 1.89 bits per heavy atom. The van der Waals surface area contributed by atoms with E-state index in [1.165, 1.54) is 19.2 Å². The Labute approximate surface area is 161 Å². The van der Waals surface area contributed by atoms with E-state index in [4.69, 9.17) is 4.74 Å². The Morgan fingerprint density at radius 1 is 1.14 bits per heavy atom. The number of aromatic nitrogens is 2. The lowest BCUT2D eigenvalue weighted by atomic mass is 10.3. The van der Waals surface area contributed by atoms with Crippen LogP contribution in [-0.2, 0) is 10.0 Å². The summed E-state index contributed by atoms with van der Waals surface area (Å²) in [5.74, 6) is -0.0181. The molecule has 3 aromatic rings. The number of nitrogens with zero attached hydrogens (tertiary/aromatic N) is 3. The third-order valence-electron chi connectivity index (χ3n) is 4.01. The van der Waals surface area contributed by atoms with Crippen molar-refractivity contribution in [2.24, 2.45) is 0 Å². The molecule has 0 fully saturated rings. The number of sulfonamides is 1. The van der Waals surface area contributed by atoms with Crippen LogP contribution in [-0.4, -0.2) is 30.2 Å². The van der Waals surface area contributed by atoms with Gasteiger partial charge in [-0.15, -0.1) is 0 Å². The van der Waals surface area contributed by atoms with Gasteiger partial charge in [0.2, 0.25) is 0 Å². The van der Waals surface area contributed by atoms with Crippen LogP contribution in [0.3, 0.4) is 0 Å². The molecule has 1 aromatic heterocycles. The minimum absolute atomic E-state index is 0.0181. The van der Waals surface area contributed by atoms with Crippen molar-refractivity contribution in [3.05, 3.63) is 70.0 Å². The first-order valence-corrected chi connectivity index (χ1v) is 9.68. The molecule has 0 aliphatic carbocycles. The van der Waals surface area contributed by atoms with E-state index < -0.39 is 20.6 Å². The molecule has 0 radical (unpaired) electrons. The highest BCUT2D eigenvalue weighted by molar-refractivity contribution is 7.92. The Bertz CT molecular complexity index is 1150. The number of nitrogens with one attached hydrogen (secondary N) is 1. The van der Waals surface area contributed by atoms with Crippen molar-refractivity contribution in [3.63, 3.8) is 0 Å². The monoisotopic (exact) mass is 402 g/mol. The van der Waals surface area contributed by atoms with E-state index in [0.717, 1.165) is 17.5 Å². The fraction of sp³-hybridized carbons (Fsp3) is 0.167. The van der Waals surface area contributed by atoms with Gasteiger partial charge in [0, 0.05) is 11.8 Å². The summed E-state index contributed by atoms with van der Waals surface area (Å²) in [6.07, 6.45) is 0. The van der Waals surface area contributed by atoms with Gasteiger partial charge >= 0.3 is 5.69 Å². The summed E-state index contributed by atoms with van der Waals surface area (Å²) < 4.78 is 34.4. The third-order valence-corrected chi connectivity index (χ3v) is 5.39. The second-order valence-electron chi connectivity index (χ2n) is 6.09. The number of ether oxygens (including phenoxy) is 1. The Morgan fingerprint density at radius 3 is 2.50 bits per heavy atom. The Kier molecular flexibility index (Phi) is 5.06. The average Bonchev–Trinajstić information content (AvgIpc) is 2.99. The summed E-state index contributed by atoms with van der Waals surface area (Å²) in [5.41, 5.74) is 2.31. The van der Waals surface area contributed by atoms with Gasteiger partial charge in [0.05, 0.1) is 34.0 Å². The van der Waals surface area contributed by atoms with Gasteiger partial charge in [-0.1, -0.05) is 6.07 Å². The molecule has 0 aliphatic heterocycles. The maximum atomic E-state index is 12.7. The minimum atomic E-state index is -4.04. The van der Waals surface area contributed by atoms with Crippen LogP contribution in [0.4, 0.5) is 11.4 Å². The highest BCUT2D eigenvalue weighted by atomic mass is 32.2. The first kappa shape index (κ1) is 19.4. The predicted octanol–water partition coefficient (Wildman–Crippen LogP) is 3.21. The third kappa shape index (κ3) is 3.81. The molecular formula is C18H18N4O5S. The maximum absolute atomic E-state index is 12.7. The SMILES string of the molecule is COc1ccc(S(=O)(=O)Nc2cccc(-n3nc(C)cc3C)c2)cc1[N+](=O)[O-]. The Balaban J connectivity index is 1.95. The molecule has 1 N–H and O–H groups in total. The van der Waals surface area contributed by atoms with E-state index in [2.05, 4.69) is 9.82 Å². The van der Waals surface area contributed by atoms with Crippen molar-refractivity contribution in [2.45, 2.75) is 18.7 Å². The standard InChI is InChI=1S/C18H18N4O5S/c1-12-9-13(2)21(19-12)15-6-4-5-14(10-15)20-28(25,26)16-7-8-18(27-3)17(11-16)22(23)24/h4-11,20H,1-3H3. The Hall–Kier alpha value is -3.40. The summed E-state index contributed by atoms with van der Waals surface area (Å²) in [6, 6.07) is 12.1. The van der Waals surface area contributed by atoms with E-state index >= 15 is 0 Å². The van der Waals surface area contributed by atoms with Crippen molar-refractivity contribution in [1.29, 1.82) is 0 Å². The van der Waals surface area contributed by atoms with E-state index in [1.807, 2.05) is 19.9 Å². The molecule has 10 heteroatoms. The van der Waals surface area contributed by atoms with E-state index in [0.29, 0.717) is 11.4 Å². The lowest BCUT2D eigenvalue weighted by Crippen LogP contribution is -2.13. The number of rotatable bonds is 6. The van der Waals surface area contributed by atoms with Crippen LogP contribution in [0.5, 0.6) is 5.75 Å².